The summed E-state index contributed by atoms with van der Waals surface area (Å²) in [4.78, 5) is 25.8. The van der Waals surface area contributed by atoms with Gasteiger partial charge in [0.05, 0.1) is 27.8 Å². The number of fused-ring (bicyclic) bond motifs is 9. The van der Waals surface area contributed by atoms with Crippen molar-refractivity contribution in [1.29, 1.82) is 0 Å². The van der Waals surface area contributed by atoms with E-state index in [1.165, 1.54) is 219 Å². The van der Waals surface area contributed by atoms with Gasteiger partial charge in [-0.05, 0) is 434 Å². The first kappa shape index (κ1) is 93.2. The maximum Gasteiger partial charge on any atom is 0.241 e. The highest BCUT2D eigenvalue weighted by Crippen LogP contribution is 2.50. The van der Waals surface area contributed by atoms with Gasteiger partial charge in [-0.25, -0.2) is 4.85 Å². The van der Waals surface area contributed by atoms with Crippen LogP contribution in [0.15, 0.2) is 159 Å². The molecule has 9 aliphatic carbocycles. The molecule has 9 N–H and O–H groups in total. The van der Waals surface area contributed by atoms with E-state index < -0.39 is 0 Å². The number of thiophene rings is 9. The molecule has 18 atom stereocenters. The molecule has 9 aromatic rings. The molecule has 684 valence electrons. The average molecular weight is 1940 g/mol. The molecule has 0 spiro atoms. The van der Waals surface area contributed by atoms with Crippen LogP contribution < -0.4 is 52.6 Å². The minimum atomic E-state index is 0.195. The summed E-state index contributed by atoms with van der Waals surface area (Å²) in [6.45, 7) is 38.6. The Kier molecular flexibility index (Phi) is 31.0. The number of ketones is 1. The predicted octanol–water partition coefficient (Wildman–Crippen LogP) is 24.6. The fourth-order valence-electron chi connectivity index (χ4n) is 23.4. The van der Waals surface area contributed by atoms with E-state index in [1.54, 1.807) is 93.0 Å². The number of hydrogen-bond acceptors (Lipinski definition) is 20. The summed E-state index contributed by atoms with van der Waals surface area (Å²) in [6, 6.07) is 23.5. The van der Waals surface area contributed by atoms with Gasteiger partial charge in [0.15, 0.2) is 5.78 Å². The van der Waals surface area contributed by atoms with Crippen LogP contribution in [0.25, 0.3) is 55.0 Å². The van der Waals surface area contributed by atoms with Gasteiger partial charge in [0, 0.05) is 93.7 Å². The molecule has 18 unspecified atom stereocenters. The number of Topliss-reactive ketones (excluding diaryl/α,β-unsaturated/α-hetero) is 1. The number of rotatable bonds is 11. The molecule has 9 saturated heterocycles. The van der Waals surface area contributed by atoms with Gasteiger partial charge in [-0.3, -0.25) is 4.79 Å². The Labute approximate surface area is 817 Å². The van der Waals surface area contributed by atoms with Gasteiger partial charge >= 0.3 is 0 Å². The van der Waals surface area contributed by atoms with E-state index >= 15 is 0 Å². The van der Waals surface area contributed by atoms with Gasteiger partial charge in [-0.2, -0.15) is 22.7 Å². The highest BCUT2D eigenvalue weighted by Gasteiger charge is 2.41. The zero-order chi connectivity index (χ0) is 88.9. The van der Waals surface area contributed by atoms with Crippen molar-refractivity contribution in [3.05, 3.63) is 252 Å². The molecule has 23 heteroatoms. The molecule has 0 aromatic carbocycles. The van der Waals surface area contributed by atoms with E-state index in [0.717, 1.165) is 177 Å². The molecular weight excluding hydrogens is 1820 g/mol. The van der Waals surface area contributed by atoms with Gasteiger partial charge in [-0.1, -0.05) is 84.0 Å². The fourth-order valence-corrected chi connectivity index (χ4v) is 31.7. The normalized spacial score (nSPS) is 29.8. The van der Waals surface area contributed by atoms with E-state index in [1.807, 2.05) is 62.9 Å². The Hall–Kier alpha value is -5.86. The largest absolute Gasteiger partial charge is 0.495 e. The van der Waals surface area contributed by atoms with E-state index in [2.05, 4.69) is 222 Å². The van der Waals surface area contributed by atoms with Crippen molar-refractivity contribution < 1.29 is 9.53 Å². The van der Waals surface area contributed by atoms with Crippen LogP contribution in [-0.4, -0.2) is 131 Å². The number of carbonyl (C=O) groups excluding carboxylic acids is 1. The number of halogens is 2. The van der Waals surface area contributed by atoms with Crippen molar-refractivity contribution >= 4 is 186 Å². The lowest BCUT2D eigenvalue weighted by atomic mass is 9.98. The SMILES string of the molecule is CC(=O)c1sccc1C1=CC2CNCC2C1.COc1ccsc1C1=CC2CNCC2C1.Cc1ccc(C2=CC3CNCC3C2)s1.Cc1ccsc1C1=CC2CNCC2C1.Cc1csc(C2=CC3CNCC3C2)c1.Cc1cscc1C1=CC2CNCC2C1.Clc1ccc(C2=CC3CNCC3C2)s1.Clc1sccc1C1=CC2CNCC2C1.[C-]#[N+]c1ccc(C2=CC3CNCC3C2)s1. The summed E-state index contributed by atoms with van der Waals surface area (Å²) >= 11 is 27.9. The molecule has 18 heterocycles. The molecule has 0 radical (unpaired) electrons. The maximum absolute atomic E-state index is 11.5. The van der Waals surface area contributed by atoms with E-state index in [9.17, 15) is 4.79 Å². The number of nitrogens with one attached hydrogen (secondary N) is 9. The van der Waals surface area contributed by atoms with E-state index in [0.29, 0.717) is 5.92 Å². The van der Waals surface area contributed by atoms with Crippen LogP contribution in [0.4, 0.5) is 5.00 Å². The molecule has 0 amide bonds. The molecular formula is C107H126Cl2N10O2S9. The Morgan fingerprint density at radius 2 is 0.738 bits per heavy atom. The van der Waals surface area contributed by atoms with Crippen molar-refractivity contribution in [3.8, 4) is 5.75 Å². The number of allylic oxidation sites excluding steroid dienone is 9. The van der Waals surface area contributed by atoms with Crippen molar-refractivity contribution in [2.24, 2.45) is 107 Å². The first-order chi connectivity index (χ1) is 63.5. The zero-order valence-electron chi connectivity index (χ0n) is 75.8. The molecule has 27 rings (SSSR count). The van der Waals surface area contributed by atoms with Crippen molar-refractivity contribution in [1.82, 2.24) is 47.9 Å². The first-order valence-corrected chi connectivity index (χ1v) is 56.2. The predicted molar refractivity (Wildman–Crippen MR) is 563 cm³/mol. The standard InChI is InChI=1S/C13H15NOS.C12H12N2S.C12H15NOS.4C12H15NS.2C11H12ClNS/c1-8(15)13-12(2-3-16-13)9-4-10-6-14-7-11(10)5-9;1-13-12-3-2-11(15-12)8-4-9-6-14-7-10(9)5-8;1-14-11-2-3-15-12(11)8-4-9-6-13-7-10(9)5-8;1-8-6-14-7-12(8)9-2-10-4-13-5-11(10)3-9;1-8-2-12(14-7-8)9-3-10-5-13-6-11(10)4-9;1-8-2-3-14-12(8)9-4-10-6-13-7-11(10)5-9;1-8-2-3-12(14-8)9-4-10-6-13-7-11(10)5-9;12-11-10(1-2-14-11)7-3-8-5-13-6-9(8)4-7;12-11-2-1-10(14-11)7-3-8-5-13-6-9(8)4-7/h2-4,10-11,14H,5-7H2,1H3;2-4,9-10,14H,5-7H2;2-4,9-10,13H,5-7H2,1H3;2,6-7,10-11,13H,3-5H2,1H3;2-3,7,10-11,13H,4-6H2,1H3;2*2-4,10-11,13H,5-7H2,1H3;2*1-3,8-9,13H,4-6H2. The third kappa shape index (κ3) is 21.9. The molecule has 0 bridgehead atoms. The zero-order valence-corrected chi connectivity index (χ0v) is 84.6. The van der Waals surface area contributed by atoms with Crippen LogP contribution in [0.1, 0.15) is 142 Å². The van der Waals surface area contributed by atoms with Crippen LogP contribution in [0.3, 0.4) is 0 Å². The molecule has 0 saturated carbocycles. The monoisotopic (exact) mass is 1940 g/mol. The first-order valence-electron chi connectivity index (χ1n) is 47.6. The second kappa shape index (κ2) is 43.2. The Morgan fingerprint density at radius 1 is 0.362 bits per heavy atom. The summed E-state index contributed by atoms with van der Waals surface area (Å²) < 4.78 is 7.22. The molecule has 12 nitrogen and oxygen atoms in total. The molecule has 9 aromatic heterocycles. The fraction of sp³-hybridized carbons (Fsp3) is 0.477. The number of nitrogens with zero attached hydrogens (tertiary/aromatic N) is 1. The summed E-state index contributed by atoms with van der Waals surface area (Å²) in [6.07, 6.45) is 33.2. The van der Waals surface area contributed by atoms with Gasteiger partial charge in [-0.15, -0.1) is 79.4 Å². The molecule has 130 heavy (non-hydrogen) atoms. The van der Waals surface area contributed by atoms with Gasteiger partial charge in [0.25, 0.3) is 0 Å². The Morgan fingerprint density at radius 3 is 1.12 bits per heavy atom. The third-order valence-electron chi connectivity index (χ3n) is 30.4. The lowest BCUT2D eigenvalue weighted by molar-refractivity contribution is 0.102. The average Bonchev–Trinajstić information content (AvgIpc) is 1.76. The quantitative estimate of drug-likeness (QED) is 0.0452. The van der Waals surface area contributed by atoms with Crippen LogP contribution >= 0.6 is 125 Å². The number of methoxy groups -OCH3 is 1. The maximum atomic E-state index is 11.5. The lowest BCUT2D eigenvalue weighted by Gasteiger charge is -2.06. The second-order valence-corrected chi connectivity index (χ2v) is 49.1. The second-order valence-electron chi connectivity index (χ2n) is 39.1. The molecule has 9 fully saturated rings. The summed E-state index contributed by atoms with van der Waals surface area (Å²) in [5, 5.41) is 47.0. The minimum absolute atomic E-state index is 0.195. The van der Waals surface area contributed by atoms with Crippen molar-refractivity contribution in [2.45, 2.75) is 92.4 Å². The van der Waals surface area contributed by atoms with E-state index in [4.69, 9.17) is 34.5 Å². The van der Waals surface area contributed by atoms with Crippen LogP contribution in [0.5, 0.6) is 5.75 Å². The topological polar surface area (TPSA) is 139 Å². The van der Waals surface area contributed by atoms with E-state index in [-0.39, 0.29) is 5.78 Å². The van der Waals surface area contributed by atoms with Crippen LogP contribution in [0.2, 0.25) is 8.67 Å². The smallest absolute Gasteiger partial charge is 0.241 e. The highest BCUT2D eigenvalue weighted by molar-refractivity contribution is 7.18. The molecule has 18 aliphatic rings. The van der Waals surface area contributed by atoms with Crippen molar-refractivity contribution in [2.75, 3.05) is 125 Å². The molecule has 9 aliphatic heterocycles. The number of aryl methyl sites for hydroxylation is 4. The Bertz CT molecular complexity index is 5440. The van der Waals surface area contributed by atoms with Crippen LogP contribution in [0, 0.1) is 141 Å². The summed E-state index contributed by atoms with van der Waals surface area (Å²) in [5.41, 5.74) is 22.0. The number of carbonyl (C=O) groups is 1. The number of hydrogen-bond donors (Lipinski definition) is 9. The third-order valence-corrected chi connectivity index (χ3v) is 40.1. The lowest BCUT2D eigenvalue weighted by Crippen LogP contribution is -2.09. The number of ether oxygens (including phenoxy) is 1. The highest BCUT2D eigenvalue weighted by atomic mass is 35.5. The van der Waals surface area contributed by atoms with Gasteiger partial charge in [0.2, 0.25) is 5.00 Å². The Balaban J connectivity index is 0.0000000948. The van der Waals surface area contributed by atoms with Crippen molar-refractivity contribution in [3.63, 3.8) is 0 Å². The van der Waals surface area contributed by atoms with Crippen LogP contribution in [-0.2, 0) is 0 Å². The summed E-state index contributed by atoms with van der Waals surface area (Å²) in [7, 11) is 1.75. The van der Waals surface area contributed by atoms with Gasteiger partial charge in [0.1, 0.15) is 10.1 Å². The van der Waals surface area contributed by atoms with Gasteiger partial charge < -0.3 is 52.6 Å². The minimum Gasteiger partial charge on any atom is -0.495 e. The summed E-state index contributed by atoms with van der Waals surface area (Å²) in [5.74, 6) is 15.8.